The first-order valence-electron chi connectivity index (χ1n) is 6.85. The summed E-state index contributed by atoms with van der Waals surface area (Å²) < 4.78 is 0. The first-order chi connectivity index (χ1) is 10.0. The van der Waals surface area contributed by atoms with Crippen LogP contribution in [0.3, 0.4) is 0 Å². The van der Waals surface area contributed by atoms with Gasteiger partial charge in [0.05, 0.1) is 21.1 Å². The average Bonchev–Trinajstić information content (AvgIpc) is 3.25. The third kappa shape index (κ3) is 2.66. The molecule has 1 saturated carbocycles. The molecule has 0 radical (unpaired) electrons. The summed E-state index contributed by atoms with van der Waals surface area (Å²) in [4.78, 5) is 12.7. The molecule has 1 aliphatic carbocycles. The predicted octanol–water partition coefficient (Wildman–Crippen LogP) is 4.97. The van der Waals surface area contributed by atoms with Crippen LogP contribution in [0.15, 0.2) is 42.5 Å². The maximum Gasteiger partial charge on any atom is 0.235 e. The minimum atomic E-state index is -0.434. The number of carbonyl (C=O) groups excluding carboxylic acids is 1. The van der Waals surface area contributed by atoms with Crippen LogP contribution in [0.5, 0.6) is 0 Å². The SMILES string of the molecule is Cc1ccc(C2(C(=O)Nc3c(Cl)cccc3Cl)CC2)cc1. The van der Waals surface area contributed by atoms with Crippen molar-refractivity contribution in [2.24, 2.45) is 0 Å². The monoisotopic (exact) mass is 319 g/mol. The lowest BCUT2D eigenvalue weighted by Crippen LogP contribution is -2.28. The van der Waals surface area contributed by atoms with Crippen LogP contribution in [0, 0.1) is 6.92 Å². The molecular formula is C17H15Cl2NO. The third-order valence-electron chi connectivity index (χ3n) is 3.99. The summed E-state index contributed by atoms with van der Waals surface area (Å²) in [6, 6.07) is 13.3. The second-order valence-electron chi connectivity index (χ2n) is 5.50. The van der Waals surface area contributed by atoms with Crippen LogP contribution in [0.4, 0.5) is 5.69 Å². The van der Waals surface area contributed by atoms with Crippen LogP contribution < -0.4 is 5.32 Å². The smallest absolute Gasteiger partial charge is 0.235 e. The summed E-state index contributed by atoms with van der Waals surface area (Å²) in [5.41, 5.74) is 2.29. The number of hydrogen-bond donors (Lipinski definition) is 1. The second-order valence-corrected chi connectivity index (χ2v) is 6.31. The van der Waals surface area contributed by atoms with E-state index in [1.165, 1.54) is 5.56 Å². The van der Waals surface area contributed by atoms with Gasteiger partial charge >= 0.3 is 0 Å². The lowest BCUT2D eigenvalue weighted by Gasteiger charge is -2.17. The molecule has 0 aromatic heterocycles. The van der Waals surface area contributed by atoms with E-state index in [9.17, 15) is 4.79 Å². The van der Waals surface area contributed by atoms with Crippen molar-refractivity contribution in [3.05, 3.63) is 63.6 Å². The highest BCUT2D eigenvalue weighted by atomic mass is 35.5. The molecule has 4 heteroatoms. The van der Waals surface area contributed by atoms with Crippen molar-refractivity contribution in [3.63, 3.8) is 0 Å². The Kier molecular flexibility index (Phi) is 3.68. The summed E-state index contributed by atoms with van der Waals surface area (Å²) in [6.07, 6.45) is 1.70. The van der Waals surface area contributed by atoms with E-state index in [4.69, 9.17) is 23.2 Å². The number of anilines is 1. The molecule has 108 valence electrons. The minimum absolute atomic E-state index is 0.0404. The van der Waals surface area contributed by atoms with Gasteiger partial charge in [-0.25, -0.2) is 0 Å². The van der Waals surface area contributed by atoms with Crippen molar-refractivity contribution in [1.29, 1.82) is 0 Å². The van der Waals surface area contributed by atoms with Gasteiger partial charge in [0.25, 0.3) is 0 Å². The van der Waals surface area contributed by atoms with Crippen molar-refractivity contribution >= 4 is 34.8 Å². The molecule has 0 bridgehead atoms. The van der Waals surface area contributed by atoms with Gasteiger partial charge in [0.2, 0.25) is 5.91 Å². The van der Waals surface area contributed by atoms with E-state index in [0.717, 1.165) is 18.4 Å². The fourth-order valence-corrected chi connectivity index (χ4v) is 2.99. The largest absolute Gasteiger partial charge is 0.323 e. The molecule has 1 amide bonds. The van der Waals surface area contributed by atoms with Gasteiger partial charge in [-0.3, -0.25) is 4.79 Å². The number of hydrogen-bond acceptors (Lipinski definition) is 1. The molecule has 1 fully saturated rings. The van der Waals surface area contributed by atoms with Gasteiger partial charge in [-0.15, -0.1) is 0 Å². The molecular weight excluding hydrogens is 305 g/mol. The van der Waals surface area contributed by atoms with E-state index in [1.807, 2.05) is 31.2 Å². The minimum Gasteiger partial charge on any atom is -0.323 e. The highest BCUT2D eigenvalue weighted by Crippen LogP contribution is 2.49. The maximum absolute atomic E-state index is 12.7. The summed E-state index contributed by atoms with van der Waals surface area (Å²) in [5, 5.41) is 3.80. The zero-order valence-electron chi connectivity index (χ0n) is 11.6. The Morgan fingerprint density at radius 1 is 1.05 bits per heavy atom. The summed E-state index contributed by atoms with van der Waals surface area (Å²) in [6.45, 7) is 2.03. The van der Waals surface area contributed by atoms with E-state index in [0.29, 0.717) is 15.7 Å². The topological polar surface area (TPSA) is 29.1 Å². The normalized spacial score (nSPS) is 15.6. The van der Waals surface area contributed by atoms with Crippen molar-refractivity contribution in [3.8, 4) is 0 Å². The molecule has 2 nitrogen and oxygen atoms in total. The predicted molar refractivity (Wildman–Crippen MR) is 87.2 cm³/mol. The number of carbonyl (C=O) groups is 1. The summed E-state index contributed by atoms with van der Waals surface area (Å²) in [7, 11) is 0. The molecule has 0 heterocycles. The van der Waals surface area contributed by atoms with Crippen LogP contribution in [0.2, 0.25) is 10.0 Å². The van der Waals surface area contributed by atoms with Gasteiger partial charge in [0.15, 0.2) is 0 Å². The van der Waals surface area contributed by atoms with E-state index in [1.54, 1.807) is 18.2 Å². The molecule has 0 spiro atoms. The van der Waals surface area contributed by atoms with Crippen molar-refractivity contribution in [2.75, 3.05) is 5.32 Å². The Balaban J connectivity index is 1.87. The third-order valence-corrected chi connectivity index (χ3v) is 4.62. The quantitative estimate of drug-likeness (QED) is 0.850. The van der Waals surface area contributed by atoms with Crippen molar-refractivity contribution in [1.82, 2.24) is 0 Å². The molecule has 1 N–H and O–H groups in total. The molecule has 0 atom stereocenters. The van der Waals surface area contributed by atoms with Gasteiger partial charge in [0, 0.05) is 0 Å². The Morgan fingerprint density at radius 3 is 2.14 bits per heavy atom. The zero-order valence-corrected chi connectivity index (χ0v) is 13.1. The molecule has 0 unspecified atom stereocenters. The molecule has 3 rings (SSSR count). The lowest BCUT2D eigenvalue weighted by molar-refractivity contribution is -0.118. The van der Waals surface area contributed by atoms with Crippen LogP contribution in [0.1, 0.15) is 24.0 Å². The molecule has 1 aliphatic rings. The molecule has 0 aliphatic heterocycles. The number of nitrogens with one attached hydrogen (secondary N) is 1. The Hall–Kier alpha value is -1.51. The van der Waals surface area contributed by atoms with Crippen LogP contribution in [-0.2, 0) is 10.2 Å². The number of rotatable bonds is 3. The van der Waals surface area contributed by atoms with Crippen molar-refractivity contribution in [2.45, 2.75) is 25.2 Å². The van der Waals surface area contributed by atoms with Gasteiger partial charge < -0.3 is 5.32 Å². The highest BCUT2D eigenvalue weighted by Gasteiger charge is 2.51. The number of benzene rings is 2. The van der Waals surface area contributed by atoms with Crippen LogP contribution in [-0.4, -0.2) is 5.91 Å². The van der Waals surface area contributed by atoms with Gasteiger partial charge in [-0.2, -0.15) is 0 Å². The number of halogens is 2. The van der Waals surface area contributed by atoms with E-state index < -0.39 is 5.41 Å². The Morgan fingerprint density at radius 2 is 1.62 bits per heavy atom. The van der Waals surface area contributed by atoms with Crippen LogP contribution in [0.25, 0.3) is 0 Å². The zero-order chi connectivity index (χ0) is 15.0. The summed E-state index contributed by atoms with van der Waals surface area (Å²) >= 11 is 12.2. The highest BCUT2D eigenvalue weighted by molar-refractivity contribution is 6.39. The number of amides is 1. The van der Waals surface area contributed by atoms with Gasteiger partial charge in [-0.05, 0) is 37.5 Å². The standard InChI is InChI=1S/C17H15Cl2NO/c1-11-5-7-12(8-6-11)17(9-10-17)16(21)20-15-13(18)3-2-4-14(15)19/h2-8H,9-10H2,1H3,(H,20,21). The maximum atomic E-state index is 12.7. The van der Waals surface area contributed by atoms with Crippen molar-refractivity contribution < 1.29 is 4.79 Å². The Bertz CT molecular complexity index is 670. The van der Waals surface area contributed by atoms with E-state index >= 15 is 0 Å². The fourth-order valence-electron chi connectivity index (χ4n) is 2.49. The van der Waals surface area contributed by atoms with E-state index in [2.05, 4.69) is 5.32 Å². The molecule has 0 saturated heterocycles. The average molecular weight is 320 g/mol. The molecule has 2 aromatic carbocycles. The number of aryl methyl sites for hydroxylation is 1. The molecule has 2 aromatic rings. The van der Waals surface area contributed by atoms with Crippen LogP contribution >= 0.6 is 23.2 Å². The van der Waals surface area contributed by atoms with Gasteiger partial charge in [0.1, 0.15) is 0 Å². The first-order valence-corrected chi connectivity index (χ1v) is 7.61. The van der Waals surface area contributed by atoms with E-state index in [-0.39, 0.29) is 5.91 Å². The molecule has 21 heavy (non-hydrogen) atoms. The fraction of sp³-hybridized carbons (Fsp3) is 0.235. The Labute approximate surface area is 134 Å². The lowest BCUT2D eigenvalue weighted by atomic mass is 9.94. The summed E-state index contributed by atoms with van der Waals surface area (Å²) in [5.74, 6) is -0.0404. The first kappa shape index (κ1) is 14.4. The van der Waals surface area contributed by atoms with Gasteiger partial charge in [-0.1, -0.05) is 59.1 Å². The second kappa shape index (κ2) is 5.36. The number of para-hydroxylation sites is 1.